The van der Waals surface area contributed by atoms with Crippen molar-refractivity contribution in [2.75, 3.05) is 19.4 Å². The summed E-state index contributed by atoms with van der Waals surface area (Å²) in [7, 11) is 3.41. The third-order valence-electron chi connectivity index (χ3n) is 4.94. The van der Waals surface area contributed by atoms with E-state index in [4.69, 9.17) is 4.98 Å². The van der Waals surface area contributed by atoms with E-state index in [2.05, 4.69) is 9.88 Å². The number of carbonyl (C=O) groups excluding carboxylic acids is 2. The summed E-state index contributed by atoms with van der Waals surface area (Å²) in [6, 6.07) is 25.3. The fourth-order valence-electron chi connectivity index (χ4n) is 3.39. The van der Waals surface area contributed by atoms with Gasteiger partial charge in [0.05, 0.1) is 16.7 Å². The first-order chi connectivity index (χ1) is 15.5. The highest BCUT2D eigenvalue weighted by molar-refractivity contribution is 8.13. The molecule has 4 rings (SSSR count). The van der Waals surface area contributed by atoms with Crippen LogP contribution in [0.15, 0.2) is 83.8 Å². The van der Waals surface area contributed by atoms with Gasteiger partial charge in [0.25, 0.3) is 5.24 Å². The highest BCUT2D eigenvalue weighted by Gasteiger charge is 2.15. The van der Waals surface area contributed by atoms with Gasteiger partial charge in [0.1, 0.15) is 5.82 Å². The Morgan fingerprint density at radius 3 is 2.41 bits per heavy atom. The Morgan fingerprint density at radius 1 is 0.938 bits per heavy atom. The monoisotopic (exact) mass is 444 g/mol. The lowest BCUT2D eigenvalue weighted by atomic mass is 10.2. The second-order valence-corrected chi connectivity index (χ2v) is 8.49. The van der Waals surface area contributed by atoms with Gasteiger partial charge >= 0.3 is 0 Å². The normalized spacial score (nSPS) is 10.8. The molecule has 0 saturated carbocycles. The molecule has 0 fully saturated rings. The van der Waals surface area contributed by atoms with Crippen LogP contribution < -0.4 is 5.32 Å². The number of benzene rings is 3. The fourth-order valence-corrected chi connectivity index (χ4v) is 4.14. The zero-order chi connectivity index (χ0) is 22.5. The maximum absolute atomic E-state index is 12.8. The van der Waals surface area contributed by atoms with Crippen molar-refractivity contribution in [2.45, 2.75) is 17.7 Å². The van der Waals surface area contributed by atoms with Crippen LogP contribution in [0, 0.1) is 0 Å². The van der Waals surface area contributed by atoms with Crippen molar-refractivity contribution in [1.29, 1.82) is 0 Å². The lowest BCUT2D eigenvalue weighted by Gasteiger charge is -2.13. The van der Waals surface area contributed by atoms with Gasteiger partial charge in [0.2, 0.25) is 5.91 Å². The average molecular weight is 445 g/mol. The van der Waals surface area contributed by atoms with Crippen LogP contribution in [0.2, 0.25) is 0 Å². The molecule has 1 heterocycles. The quantitative estimate of drug-likeness (QED) is 0.406. The van der Waals surface area contributed by atoms with Crippen molar-refractivity contribution in [3.63, 3.8) is 0 Å². The summed E-state index contributed by atoms with van der Waals surface area (Å²) < 4.78 is 2.10. The van der Waals surface area contributed by atoms with Crippen molar-refractivity contribution in [3.8, 4) is 5.69 Å². The van der Waals surface area contributed by atoms with Crippen LogP contribution in [0.25, 0.3) is 16.7 Å². The van der Waals surface area contributed by atoms with Gasteiger partial charge in [-0.25, -0.2) is 4.98 Å². The number of anilines is 1. The summed E-state index contributed by atoms with van der Waals surface area (Å²) in [6.07, 6.45) is 0.762. The van der Waals surface area contributed by atoms with Gasteiger partial charge in [-0.05, 0) is 48.2 Å². The first-order valence-corrected chi connectivity index (χ1v) is 11.1. The van der Waals surface area contributed by atoms with Crippen molar-refractivity contribution in [1.82, 2.24) is 14.5 Å². The highest BCUT2D eigenvalue weighted by atomic mass is 32.2. The Kier molecular flexibility index (Phi) is 6.56. The molecule has 2 amide bonds. The number of rotatable bonds is 6. The summed E-state index contributed by atoms with van der Waals surface area (Å²) in [5.74, 6) is 0.708. The molecule has 0 spiro atoms. The summed E-state index contributed by atoms with van der Waals surface area (Å²) in [6.45, 7) is 0. The first kappa shape index (κ1) is 21.6. The molecule has 32 heavy (non-hydrogen) atoms. The Morgan fingerprint density at radius 2 is 1.62 bits per heavy atom. The Balaban J connectivity index is 1.52. The fraction of sp³-hybridized carbons (Fsp3) is 0.160. The molecule has 162 valence electrons. The number of aromatic nitrogens is 2. The zero-order valence-electron chi connectivity index (χ0n) is 18.0. The van der Waals surface area contributed by atoms with E-state index < -0.39 is 0 Å². The van der Waals surface area contributed by atoms with Gasteiger partial charge in [0, 0.05) is 37.5 Å². The number of aryl methyl sites for hydroxylation is 1. The SMILES string of the molecule is CN(C)C(=O)Sc1ccccc1NC(=O)CCc1nc2ccccc2n1-c1ccccc1. The van der Waals surface area contributed by atoms with E-state index in [9.17, 15) is 9.59 Å². The molecule has 0 unspecified atom stereocenters. The number of nitrogens with zero attached hydrogens (tertiary/aromatic N) is 3. The van der Waals surface area contributed by atoms with E-state index in [0.717, 1.165) is 39.2 Å². The molecule has 4 aromatic rings. The maximum Gasteiger partial charge on any atom is 0.286 e. The molecule has 0 aliphatic carbocycles. The van der Waals surface area contributed by atoms with Crippen LogP contribution in [0.4, 0.5) is 10.5 Å². The number of para-hydroxylation sites is 4. The predicted octanol–water partition coefficient (Wildman–Crippen LogP) is 5.37. The summed E-state index contributed by atoms with van der Waals surface area (Å²) in [5, 5.41) is 2.86. The number of fused-ring (bicyclic) bond motifs is 1. The van der Waals surface area contributed by atoms with Crippen LogP contribution in [0.3, 0.4) is 0 Å². The smallest absolute Gasteiger partial charge is 0.286 e. The summed E-state index contributed by atoms with van der Waals surface area (Å²) in [4.78, 5) is 31.9. The minimum absolute atomic E-state index is 0.0942. The van der Waals surface area contributed by atoms with E-state index in [0.29, 0.717) is 12.1 Å². The third-order valence-corrected chi connectivity index (χ3v) is 6.06. The van der Waals surface area contributed by atoms with Crippen molar-refractivity contribution in [2.24, 2.45) is 0 Å². The van der Waals surface area contributed by atoms with Gasteiger partial charge in [-0.2, -0.15) is 0 Å². The molecule has 7 heteroatoms. The number of carbonyl (C=O) groups is 2. The van der Waals surface area contributed by atoms with E-state index in [-0.39, 0.29) is 17.6 Å². The van der Waals surface area contributed by atoms with Crippen molar-refractivity contribution >= 4 is 39.6 Å². The minimum atomic E-state index is -0.123. The first-order valence-electron chi connectivity index (χ1n) is 10.3. The molecule has 3 aromatic carbocycles. The number of imidazole rings is 1. The number of nitrogens with one attached hydrogen (secondary N) is 1. The van der Waals surface area contributed by atoms with Crippen LogP contribution in [0.1, 0.15) is 12.2 Å². The van der Waals surface area contributed by atoms with Gasteiger partial charge in [-0.15, -0.1) is 0 Å². The van der Waals surface area contributed by atoms with E-state index in [1.807, 2.05) is 78.9 Å². The molecule has 6 nitrogen and oxygen atoms in total. The highest BCUT2D eigenvalue weighted by Crippen LogP contribution is 2.29. The Bertz CT molecular complexity index is 1250. The summed E-state index contributed by atoms with van der Waals surface area (Å²) >= 11 is 1.09. The van der Waals surface area contributed by atoms with Crippen molar-refractivity contribution < 1.29 is 9.59 Å². The molecule has 1 aromatic heterocycles. The lowest BCUT2D eigenvalue weighted by molar-refractivity contribution is -0.116. The molecular formula is C25H24N4O2S. The second kappa shape index (κ2) is 9.70. The van der Waals surface area contributed by atoms with E-state index in [1.54, 1.807) is 14.1 Å². The number of hydrogen-bond acceptors (Lipinski definition) is 4. The lowest BCUT2D eigenvalue weighted by Crippen LogP contribution is -2.17. The van der Waals surface area contributed by atoms with Crippen LogP contribution >= 0.6 is 11.8 Å². The number of hydrogen-bond donors (Lipinski definition) is 1. The van der Waals surface area contributed by atoms with Gasteiger partial charge in [0.15, 0.2) is 0 Å². The van der Waals surface area contributed by atoms with Gasteiger partial charge in [-0.3, -0.25) is 14.2 Å². The van der Waals surface area contributed by atoms with Gasteiger partial charge in [-0.1, -0.05) is 42.5 Å². The number of amides is 2. The average Bonchev–Trinajstić information content (AvgIpc) is 3.18. The molecule has 0 atom stereocenters. The number of thioether (sulfide) groups is 1. The molecule has 0 saturated heterocycles. The van der Waals surface area contributed by atoms with Crippen molar-refractivity contribution in [3.05, 3.63) is 84.7 Å². The third kappa shape index (κ3) is 4.84. The zero-order valence-corrected chi connectivity index (χ0v) is 18.8. The second-order valence-electron chi connectivity index (χ2n) is 7.49. The maximum atomic E-state index is 12.8. The van der Waals surface area contributed by atoms with E-state index in [1.165, 1.54) is 4.90 Å². The largest absolute Gasteiger partial charge is 0.339 e. The van der Waals surface area contributed by atoms with Gasteiger partial charge < -0.3 is 10.2 Å². The predicted molar refractivity (Wildman–Crippen MR) is 129 cm³/mol. The van der Waals surface area contributed by atoms with E-state index >= 15 is 0 Å². The molecule has 0 aliphatic heterocycles. The Labute approximate surface area is 191 Å². The standard InChI is InChI=1S/C25H24N4O2S/c1-28(2)25(31)32-22-15-9-7-13-20(22)27-24(30)17-16-23-26-19-12-6-8-14-21(19)29(23)18-10-4-3-5-11-18/h3-15H,16-17H2,1-2H3,(H,27,30). The molecule has 0 bridgehead atoms. The van der Waals surface area contributed by atoms with Crippen LogP contribution in [-0.4, -0.2) is 39.7 Å². The summed E-state index contributed by atoms with van der Waals surface area (Å²) in [5.41, 5.74) is 3.56. The molecule has 0 aliphatic rings. The topological polar surface area (TPSA) is 67.2 Å². The molecule has 0 radical (unpaired) electrons. The molecular weight excluding hydrogens is 420 g/mol. The minimum Gasteiger partial charge on any atom is -0.339 e. The van der Waals surface area contributed by atoms with Crippen LogP contribution in [-0.2, 0) is 11.2 Å². The molecule has 1 N–H and O–H groups in total. The Hall–Kier alpha value is -3.58. The van der Waals surface area contributed by atoms with Crippen LogP contribution in [0.5, 0.6) is 0 Å².